The third-order valence-electron chi connectivity index (χ3n) is 8.33. The van der Waals surface area contributed by atoms with Gasteiger partial charge in [0.25, 0.3) is 0 Å². The van der Waals surface area contributed by atoms with E-state index in [1.54, 1.807) is 20.8 Å². The summed E-state index contributed by atoms with van der Waals surface area (Å²) in [5, 5.41) is 17.2. The predicted octanol–water partition coefficient (Wildman–Crippen LogP) is 1.77. The summed E-state index contributed by atoms with van der Waals surface area (Å²) >= 11 is 0. The first-order chi connectivity index (χ1) is 17.1. The van der Waals surface area contributed by atoms with Crippen molar-refractivity contribution >= 4 is 23.6 Å². The van der Waals surface area contributed by atoms with E-state index in [9.17, 15) is 37.6 Å². The first-order valence-corrected chi connectivity index (χ1v) is 12.9. The lowest BCUT2D eigenvalue weighted by Gasteiger charge is -2.36. The fourth-order valence-electron chi connectivity index (χ4n) is 6.23. The Kier molecular flexibility index (Phi) is 6.97. The Labute approximate surface area is 213 Å². The normalized spacial score (nSPS) is 29.8. The molecule has 1 spiro atoms. The van der Waals surface area contributed by atoms with Crippen LogP contribution in [0.4, 0.5) is 13.2 Å². The first kappa shape index (κ1) is 27.2. The third-order valence-corrected chi connectivity index (χ3v) is 8.33. The molecule has 2 aliphatic heterocycles. The van der Waals surface area contributed by atoms with Gasteiger partial charge in [-0.15, -0.1) is 0 Å². The summed E-state index contributed by atoms with van der Waals surface area (Å²) in [5.41, 5.74) is -1.22. The Morgan fingerprint density at radius 2 is 1.86 bits per heavy atom. The molecule has 2 aliphatic carbocycles. The number of carbonyl (C=O) groups excluding carboxylic acids is 4. The molecule has 4 rings (SSSR count). The molecule has 4 amide bonds. The molecule has 0 aromatic rings. The van der Waals surface area contributed by atoms with E-state index in [4.69, 9.17) is 0 Å². The molecule has 12 heteroatoms. The van der Waals surface area contributed by atoms with Crippen molar-refractivity contribution in [1.82, 2.24) is 20.9 Å². The van der Waals surface area contributed by atoms with Gasteiger partial charge in [0.2, 0.25) is 17.7 Å². The number of rotatable bonds is 6. The molecular formula is C25H34F3N5O4. The van der Waals surface area contributed by atoms with E-state index < -0.39 is 53.4 Å². The van der Waals surface area contributed by atoms with Crippen molar-refractivity contribution in [3.63, 3.8) is 0 Å². The van der Waals surface area contributed by atoms with Gasteiger partial charge in [-0.05, 0) is 55.8 Å². The van der Waals surface area contributed by atoms with Crippen LogP contribution in [-0.4, -0.2) is 64.9 Å². The fourth-order valence-corrected chi connectivity index (χ4v) is 6.23. The van der Waals surface area contributed by atoms with Gasteiger partial charge >= 0.3 is 12.1 Å². The van der Waals surface area contributed by atoms with Crippen LogP contribution in [0.3, 0.4) is 0 Å². The van der Waals surface area contributed by atoms with Crippen LogP contribution < -0.4 is 16.0 Å². The molecule has 4 fully saturated rings. The van der Waals surface area contributed by atoms with Crippen molar-refractivity contribution in [2.75, 3.05) is 6.54 Å². The fraction of sp³-hybridized carbons (Fsp3) is 0.800. The van der Waals surface area contributed by atoms with Gasteiger partial charge in [-0.1, -0.05) is 27.2 Å². The van der Waals surface area contributed by atoms with Crippen molar-refractivity contribution in [1.29, 1.82) is 5.26 Å². The van der Waals surface area contributed by atoms with Crippen LogP contribution in [0.5, 0.6) is 0 Å². The number of likely N-dealkylation sites (tertiary alicyclic amines) is 1. The lowest BCUT2D eigenvalue weighted by molar-refractivity contribution is -0.176. The highest BCUT2D eigenvalue weighted by Crippen LogP contribution is 2.46. The Balaban J connectivity index is 1.51. The zero-order valence-electron chi connectivity index (χ0n) is 21.3. The Morgan fingerprint density at radius 1 is 1.19 bits per heavy atom. The minimum absolute atomic E-state index is 0.00880. The Bertz CT molecular complexity index is 1010. The number of alkyl halides is 3. The summed E-state index contributed by atoms with van der Waals surface area (Å²) in [5.74, 6) is -4.22. The van der Waals surface area contributed by atoms with E-state index in [1.807, 2.05) is 11.4 Å². The average Bonchev–Trinajstić information content (AvgIpc) is 3.10. The van der Waals surface area contributed by atoms with Crippen LogP contribution in [0.15, 0.2) is 0 Å². The molecule has 0 aromatic heterocycles. The number of halogens is 3. The van der Waals surface area contributed by atoms with Crippen molar-refractivity contribution in [3.05, 3.63) is 0 Å². The second-order valence-corrected chi connectivity index (χ2v) is 12.2. The van der Waals surface area contributed by atoms with Gasteiger partial charge in [-0.3, -0.25) is 19.2 Å². The molecule has 6 atom stereocenters. The number of hydrogen-bond donors (Lipinski definition) is 3. The maximum atomic E-state index is 13.6. The lowest BCUT2D eigenvalue weighted by Crippen LogP contribution is -2.60. The highest BCUT2D eigenvalue weighted by molar-refractivity contribution is 5.94. The van der Waals surface area contributed by atoms with Crippen LogP contribution in [0.2, 0.25) is 0 Å². The molecule has 3 N–H and O–H groups in total. The predicted molar refractivity (Wildman–Crippen MR) is 124 cm³/mol. The van der Waals surface area contributed by atoms with Crippen molar-refractivity contribution in [2.45, 2.75) is 95.6 Å². The van der Waals surface area contributed by atoms with E-state index in [2.05, 4.69) is 10.6 Å². The summed E-state index contributed by atoms with van der Waals surface area (Å²) in [6, 6.07) is -1.36. The zero-order valence-corrected chi connectivity index (χ0v) is 21.3. The van der Waals surface area contributed by atoms with E-state index in [0.717, 1.165) is 25.7 Å². The molecular weight excluding hydrogens is 491 g/mol. The highest BCUT2D eigenvalue weighted by Gasteiger charge is 2.54. The van der Waals surface area contributed by atoms with Crippen LogP contribution in [-0.2, 0) is 19.2 Å². The zero-order chi connectivity index (χ0) is 27.3. The smallest absolute Gasteiger partial charge is 0.350 e. The van der Waals surface area contributed by atoms with E-state index in [1.165, 1.54) is 4.90 Å². The summed E-state index contributed by atoms with van der Waals surface area (Å²) in [6.45, 7) is 4.83. The number of fused-ring (bicyclic) bond motifs is 1. The van der Waals surface area contributed by atoms with Crippen LogP contribution in [0, 0.1) is 34.5 Å². The Morgan fingerprint density at radius 3 is 2.41 bits per heavy atom. The van der Waals surface area contributed by atoms with E-state index in [-0.39, 0.29) is 36.2 Å². The summed E-state index contributed by atoms with van der Waals surface area (Å²) in [6.07, 6.45) is -0.274. The van der Waals surface area contributed by atoms with Crippen LogP contribution in [0.25, 0.3) is 0 Å². The second kappa shape index (κ2) is 9.48. The molecule has 0 bridgehead atoms. The Hall–Kier alpha value is -2.84. The summed E-state index contributed by atoms with van der Waals surface area (Å²) < 4.78 is 39.0. The molecule has 0 radical (unpaired) electrons. The molecule has 2 saturated carbocycles. The number of carbonyl (C=O) groups is 4. The van der Waals surface area contributed by atoms with Gasteiger partial charge in [-0.2, -0.15) is 18.4 Å². The molecule has 1 unspecified atom stereocenters. The van der Waals surface area contributed by atoms with Crippen LogP contribution in [0.1, 0.15) is 65.7 Å². The largest absolute Gasteiger partial charge is 0.471 e. The number of nitrogens with zero attached hydrogens (tertiary/aromatic N) is 2. The van der Waals surface area contributed by atoms with E-state index in [0.29, 0.717) is 12.8 Å². The van der Waals surface area contributed by atoms with Gasteiger partial charge < -0.3 is 20.9 Å². The monoisotopic (exact) mass is 525 g/mol. The van der Waals surface area contributed by atoms with Crippen LogP contribution >= 0.6 is 0 Å². The summed E-state index contributed by atoms with van der Waals surface area (Å²) in [4.78, 5) is 52.4. The molecule has 4 aliphatic rings. The maximum Gasteiger partial charge on any atom is 0.471 e. The highest BCUT2D eigenvalue weighted by atomic mass is 19.4. The molecule has 0 aromatic carbocycles. The molecule has 37 heavy (non-hydrogen) atoms. The number of amides is 4. The van der Waals surface area contributed by atoms with Gasteiger partial charge in [0.1, 0.15) is 18.1 Å². The number of nitriles is 1. The second-order valence-electron chi connectivity index (χ2n) is 12.2. The minimum atomic E-state index is -5.16. The third kappa shape index (κ3) is 5.55. The van der Waals surface area contributed by atoms with Gasteiger partial charge in [0, 0.05) is 18.0 Å². The number of hydrogen-bond acceptors (Lipinski definition) is 5. The van der Waals surface area contributed by atoms with Crippen molar-refractivity contribution < 1.29 is 32.3 Å². The SMILES string of the molecule is CC(C)(C)[C@H](NC(=O)C(F)(F)F)C(=O)N1C[C@@H]2CCCC2[C@H]1C(=O)N[C@H](C#N)C[C@@H]1CC2(CC2)NC1=O. The van der Waals surface area contributed by atoms with Gasteiger partial charge in [-0.25, -0.2) is 0 Å². The lowest BCUT2D eigenvalue weighted by atomic mass is 9.85. The van der Waals surface area contributed by atoms with Crippen molar-refractivity contribution in [3.8, 4) is 6.07 Å². The maximum absolute atomic E-state index is 13.6. The van der Waals surface area contributed by atoms with Gasteiger partial charge in [0.05, 0.1) is 6.07 Å². The molecule has 9 nitrogen and oxygen atoms in total. The molecule has 2 saturated heterocycles. The topological polar surface area (TPSA) is 131 Å². The first-order valence-electron chi connectivity index (χ1n) is 12.9. The molecule has 204 valence electrons. The number of nitrogens with one attached hydrogen (secondary N) is 3. The molecule has 2 heterocycles. The minimum Gasteiger partial charge on any atom is -0.350 e. The quantitative estimate of drug-likeness (QED) is 0.487. The van der Waals surface area contributed by atoms with Gasteiger partial charge in [0.15, 0.2) is 0 Å². The summed E-state index contributed by atoms with van der Waals surface area (Å²) in [7, 11) is 0. The van der Waals surface area contributed by atoms with E-state index >= 15 is 0 Å². The standard InChI is InChI=1S/C25H34F3N5O4/c1-23(2,3)18(31-22(37)25(26,27)28)21(36)33-12-13-5-4-6-16(13)17(33)20(35)30-15(11-29)9-14-10-24(7-8-24)32-19(14)34/h13-18H,4-10,12H2,1-3H3,(H,30,35)(H,31,37)(H,32,34)/t13-,14+,15-,16?,17-,18+/m0/s1. The average molecular weight is 526 g/mol. The van der Waals surface area contributed by atoms with Crippen molar-refractivity contribution in [2.24, 2.45) is 23.2 Å².